The van der Waals surface area contributed by atoms with Crippen molar-refractivity contribution in [2.75, 3.05) is 23.8 Å². The van der Waals surface area contributed by atoms with Crippen LogP contribution in [0.5, 0.6) is 5.75 Å². The molecule has 3 rings (SSSR count). The number of methoxy groups -OCH3 is 1. The van der Waals surface area contributed by atoms with E-state index in [9.17, 15) is 13.2 Å². The molecule has 0 unspecified atom stereocenters. The molecule has 0 saturated heterocycles. The van der Waals surface area contributed by atoms with E-state index < -0.39 is 10.0 Å². The summed E-state index contributed by atoms with van der Waals surface area (Å²) in [5, 5.41) is 4.50. The largest absolute Gasteiger partial charge is 0.497 e. The molecule has 0 bridgehead atoms. The lowest BCUT2D eigenvalue weighted by molar-refractivity contribution is 0.102. The minimum absolute atomic E-state index is 0.268. The number of anilines is 2. The molecule has 0 spiro atoms. The predicted molar refractivity (Wildman–Crippen MR) is 107 cm³/mol. The topological polar surface area (TPSA) is 75.7 Å². The number of nitrogens with zero attached hydrogens (tertiary/aromatic N) is 1. The molecule has 8 heteroatoms. The van der Waals surface area contributed by atoms with Crippen molar-refractivity contribution >= 4 is 38.6 Å². The Labute approximate surface area is 162 Å². The second-order valence-corrected chi connectivity index (χ2v) is 8.78. The number of thiophene rings is 1. The van der Waals surface area contributed by atoms with Gasteiger partial charge in [0.15, 0.2) is 0 Å². The van der Waals surface area contributed by atoms with Gasteiger partial charge in [0.2, 0.25) is 0 Å². The average molecular weight is 402 g/mol. The van der Waals surface area contributed by atoms with Gasteiger partial charge >= 0.3 is 0 Å². The number of carbonyl (C=O) groups is 1. The fourth-order valence-electron chi connectivity index (χ4n) is 2.41. The smallest absolute Gasteiger partial charge is 0.273 e. The normalized spacial score (nSPS) is 11.0. The number of benzene rings is 2. The van der Waals surface area contributed by atoms with Gasteiger partial charge in [-0.05, 0) is 47.8 Å². The summed E-state index contributed by atoms with van der Waals surface area (Å²) < 4.78 is 31.7. The highest BCUT2D eigenvalue weighted by Crippen LogP contribution is 2.25. The zero-order valence-electron chi connectivity index (χ0n) is 14.7. The molecule has 2 aromatic carbocycles. The van der Waals surface area contributed by atoms with Crippen molar-refractivity contribution in [3.8, 4) is 5.75 Å². The fourth-order valence-corrected chi connectivity index (χ4v) is 4.77. The standard InChI is InChI=1S/C19H18N2O4S2/c1-21(27(23,24)18-7-4-12-26-18)16-10-8-14(9-11-16)19(22)20-15-5-3-6-17(13-15)25-2/h3-13H,1-2H3,(H,20,22). The monoisotopic (exact) mass is 402 g/mol. The van der Waals surface area contributed by atoms with Crippen molar-refractivity contribution in [2.24, 2.45) is 0 Å². The predicted octanol–water partition coefficient (Wildman–Crippen LogP) is 3.83. The van der Waals surface area contributed by atoms with Gasteiger partial charge in [-0.15, -0.1) is 11.3 Å². The second kappa shape index (κ2) is 7.81. The highest BCUT2D eigenvalue weighted by molar-refractivity contribution is 7.94. The zero-order valence-corrected chi connectivity index (χ0v) is 16.4. The minimum atomic E-state index is -3.60. The van der Waals surface area contributed by atoms with Crippen LogP contribution in [0.15, 0.2) is 70.3 Å². The summed E-state index contributed by atoms with van der Waals surface area (Å²) in [7, 11) is -0.558. The van der Waals surface area contributed by atoms with Crippen LogP contribution in [-0.2, 0) is 10.0 Å². The molecule has 0 aliphatic rings. The van der Waals surface area contributed by atoms with Crippen LogP contribution in [0.25, 0.3) is 0 Å². The second-order valence-electron chi connectivity index (χ2n) is 5.64. The Balaban J connectivity index is 1.75. The summed E-state index contributed by atoms with van der Waals surface area (Å²) >= 11 is 1.16. The van der Waals surface area contributed by atoms with Gasteiger partial charge in [-0.3, -0.25) is 9.10 Å². The number of rotatable bonds is 6. The van der Waals surface area contributed by atoms with Crippen LogP contribution in [-0.4, -0.2) is 28.5 Å². The molecule has 27 heavy (non-hydrogen) atoms. The molecule has 6 nitrogen and oxygen atoms in total. The third-order valence-corrected chi connectivity index (χ3v) is 7.09. The molecule has 1 aromatic heterocycles. The van der Waals surface area contributed by atoms with Gasteiger partial charge in [-0.25, -0.2) is 8.42 Å². The maximum atomic E-state index is 12.6. The van der Waals surface area contributed by atoms with Crippen LogP contribution in [0.3, 0.4) is 0 Å². The SMILES string of the molecule is COc1cccc(NC(=O)c2ccc(N(C)S(=O)(=O)c3cccs3)cc2)c1. The number of sulfonamides is 1. The van der Waals surface area contributed by atoms with E-state index in [4.69, 9.17) is 4.74 Å². The number of amides is 1. The minimum Gasteiger partial charge on any atom is -0.497 e. The van der Waals surface area contributed by atoms with Crippen molar-refractivity contribution in [1.82, 2.24) is 0 Å². The molecule has 0 aliphatic heterocycles. The molecule has 140 valence electrons. The van der Waals surface area contributed by atoms with E-state index in [1.54, 1.807) is 73.2 Å². The number of nitrogens with one attached hydrogen (secondary N) is 1. The maximum absolute atomic E-state index is 12.6. The van der Waals surface area contributed by atoms with Crippen molar-refractivity contribution < 1.29 is 17.9 Å². The lowest BCUT2D eigenvalue weighted by atomic mass is 10.2. The Morgan fingerprint density at radius 3 is 2.44 bits per heavy atom. The van der Waals surface area contributed by atoms with E-state index in [-0.39, 0.29) is 10.1 Å². The average Bonchev–Trinajstić information content (AvgIpc) is 3.23. The first-order valence-electron chi connectivity index (χ1n) is 8.00. The first-order valence-corrected chi connectivity index (χ1v) is 10.3. The number of hydrogen-bond donors (Lipinski definition) is 1. The quantitative estimate of drug-likeness (QED) is 0.680. The van der Waals surface area contributed by atoms with Gasteiger partial charge in [0.05, 0.1) is 12.8 Å². The van der Waals surface area contributed by atoms with Crippen LogP contribution >= 0.6 is 11.3 Å². The summed E-state index contributed by atoms with van der Waals surface area (Å²) in [5.41, 5.74) is 1.51. The van der Waals surface area contributed by atoms with Gasteiger partial charge in [-0.2, -0.15) is 0 Å². The van der Waals surface area contributed by atoms with Crippen LogP contribution in [0.4, 0.5) is 11.4 Å². The van der Waals surface area contributed by atoms with E-state index in [0.29, 0.717) is 22.7 Å². The molecule has 3 aromatic rings. The molecule has 0 radical (unpaired) electrons. The first-order chi connectivity index (χ1) is 12.9. The summed E-state index contributed by atoms with van der Waals surface area (Å²) in [6, 6.07) is 16.7. The van der Waals surface area contributed by atoms with E-state index in [1.165, 1.54) is 11.4 Å². The van der Waals surface area contributed by atoms with Crippen molar-refractivity contribution in [3.05, 3.63) is 71.6 Å². The highest BCUT2D eigenvalue weighted by Gasteiger charge is 2.22. The van der Waals surface area contributed by atoms with Crippen molar-refractivity contribution in [3.63, 3.8) is 0 Å². The summed E-state index contributed by atoms with van der Waals surface area (Å²) in [4.78, 5) is 12.4. The summed E-state index contributed by atoms with van der Waals surface area (Å²) in [5.74, 6) is 0.349. The zero-order chi connectivity index (χ0) is 19.4. The maximum Gasteiger partial charge on any atom is 0.273 e. The Bertz CT molecular complexity index is 1030. The Morgan fingerprint density at radius 1 is 1.07 bits per heavy atom. The molecular formula is C19H18N2O4S2. The lowest BCUT2D eigenvalue weighted by Crippen LogP contribution is -2.25. The molecule has 1 amide bonds. The number of hydrogen-bond acceptors (Lipinski definition) is 5. The van der Waals surface area contributed by atoms with Crippen LogP contribution in [0.1, 0.15) is 10.4 Å². The molecule has 0 aliphatic carbocycles. The Kier molecular flexibility index (Phi) is 5.48. The van der Waals surface area contributed by atoms with E-state index in [1.807, 2.05) is 0 Å². The van der Waals surface area contributed by atoms with E-state index in [0.717, 1.165) is 11.3 Å². The fraction of sp³-hybridized carbons (Fsp3) is 0.105. The van der Waals surface area contributed by atoms with Crippen molar-refractivity contribution in [1.29, 1.82) is 0 Å². The number of ether oxygens (including phenoxy) is 1. The van der Waals surface area contributed by atoms with E-state index in [2.05, 4.69) is 5.32 Å². The third-order valence-electron chi connectivity index (χ3n) is 3.93. The molecule has 0 atom stereocenters. The first kappa shape index (κ1) is 18.9. The molecule has 0 fully saturated rings. The van der Waals surface area contributed by atoms with Gasteiger partial charge < -0.3 is 10.1 Å². The molecule has 1 heterocycles. The van der Waals surface area contributed by atoms with Gasteiger partial charge in [0.1, 0.15) is 9.96 Å². The molecule has 0 saturated carbocycles. The Hall–Kier alpha value is -2.84. The number of carbonyl (C=O) groups excluding carboxylic acids is 1. The summed E-state index contributed by atoms with van der Waals surface area (Å²) in [6.45, 7) is 0. The highest BCUT2D eigenvalue weighted by atomic mass is 32.2. The lowest BCUT2D eigenvalue weighted by Gasteiger charge is -2.18. The van der Waals surface area contributed by atoms with Gasteiger partial charge in [-0.1, -0.05) is 12.1 Å². The molecular weight excluding hydrogens is 384 g/mol. The summed E-state index contributed by atoms with van der Waals surface area (Å²) in [6.07, 6.45) is 0. The third kappa shape index (κ3) is 4.12. The van der Waals surface area contributed by atoms with Crippen LogP contribution in [0.2, 0.25) is 0 Å². The van der Waals surface area contributed by atoms with E-state index >= 15 is 0 Å². The Morgan fingerprint density at radius 2 is 1.81 bits per heavy atom. The van der Waals surface area contributed by atoms with Gasteiger partial charge in [0, 0.05) is 24.4 Å². The molecule has 1 N–H and O–H groups in total. The van der Waals surface area contributed by atoms with Crippen LogP contribution in [0, 0.1) is 0 Å². The van der Waals surface area contributed by atoms with Crippen molar-refractivity contribution in [2.45, 2.75) is 4.21 Å². The van der Waals surface area contributed by atoms with Gasteiger partial charge in [0.25, 0.3) is 15.9 Å². The van der Waals surface area contributed by atoms with Crippen LogP contribution < -0.4 is 14.4 Å².